The molecule has 2 unspecified atom stereocenters. The highest BCUT2D eigenvalue weighted by Gasteiger charge is 2.28. The monoisotopic (exact) mass is 249 g/mol. The number of morpholine rings is 1. The first-order chi connectivity index (χ1) is 8.61. The lowest BCUT2D eigenvalue weighted by molar-refractivity contribution is -0.0389. The van der Waals surface area contributed by atoms with Gasteiger partial charge in [0.1, 0.15) is 5.69 Å². The predicted molar refractivity (Wildman–Crippen MR) is 69.7 cm³/mol. The molecule has 1 saturated heterocycles. The zero-order chi connectivity index (χ0) is 13.1. The van der Waals surface area contributed by atoms with Gasteiger partial charge in [-0.3, -0.25) is 4.79 Å². The van der Waals surface area contributed by atoms with Crippen LogP contribution in [0, 0.1) is 0 Å². The van der Waals surface area contributed by atoms with E-state index in [9.17, 15) is 4.79 Å². The van der Waals surface area contributed by atoms with E-state index in [1.54, 1.807) is 12.3 Å². The molecule has 1 aliphatic rings. The van der Waals surface area contributed by atoms with Gasteiger partial charge in [0.25, 0.3) is 5.91 Å². The molecule has 1 aromatic heterocycles. The smallest absolute Gasteiger partial charge is 0.272 e. The molecule has 2 rings (SSSR count). The lowest BCUT2D eigenvalue weighted by Gasteiger charge is -2.36. The van der Waals surface area contributed by atoms with Crippen LogP contribution >= 0.6 is 0 Å². The molecule has 0 bridgehead atoms. The second-order valence-corrected chi connectivity index (χ2v) is 4.63. The quantitative estimate of drug-likeness (QED) is 0.860. The van der Waals surface area contributed by atoms with Crippen molar-refractivity contribution >= 4 is 11.6 Å². The van der Waals surface area contributed by atoms with Crippen LogP contribution < -0.4 is 5.32 Å². The Balaban J connectivity index is 2.13. The lowest BCUT2D eigenvalue weighted by Crippen LogP contribution is -2.50. The second-order valence-electron chi connectivity index (χ2n) is 4.63. The third kappa shape index (κ3) is 2.61. The lowest BCUT2D eigenvalue weighted by atomic mass is 10.2. The Morgan fingerprint density at radius 1 is 1.50 bits per heavy atom. The summed E-state index contributed by atoms with van der Waals surface area (Å²) in [6.07, 6.45) is 1.75. The Morgan fingerprint density at radius 2 is 2.28 bits per heavy atom. The third-order valence-electron chi connectivity index (χ3n) is 3.14. The summed E-state index contributed by atoms with van der Waals surface area (Å²) in [7, 11) is 1.82. The van der Waals surface area contributed by atoms with Gasteiger partial charge >= 0.3 is 0 Å². The van der Waals surface area contributed by atoms with Crippen molar-refractivity contribution in [2.45, 2.75) is 26.0 Å². The SMILES string of the molecule is CNc1ccc(C(=O)N2CC(C)OCC2C)nc1. The minimum absolute atomic E-state index is 0.0275. The fraction of sp³-hybridized carbons (Fsp3) is 0.538. The fourth-order valence-electron chi connectivity index (χ4n) is 2.00. The number of nitrogens with one attached hydrogen (secondary N) is 1. The summed E-state index contributed by atoms with van der Waals surface area (Å²) >= 11 is 0. The number of rotatable bonds is 2. The van der Waals surface area contributed by atoms with Crippen LogP contribution in [0.2, 0.25) is 0 Å². The van der Waals surface area contributed by atoms with Gasteiger partial charge in [-0.15, -0.1) is 0 Å². The molecule has 1 aromatic rings. The number of nitrogens with zero attached hydrogens (tertiary/aromatic N) is 2. The van der Waals surface area contributed by atoms with E-state index in [1.807, 2.05) is 31.9 Å². The minimum atomic E-state index is -0.0275. The number of carbonyl (C=O) groups excluding carboxylic acids is 1. The highest BCUT2D eigenvalue weighted by atomic mass is 16.5. The summed E-state index contributed by atoms with van der Waals surface area (Å²) in [4.78, 5) is 18.4. The summed E-state index contributed by atoms with van der Waals surface area (Å²) in [6.45, 7) is 5.17. The maximum absolute atomic E-state index is 12.3. The van der Waals surface area contributed by atoms with Crippen molar-refractivity contribution in [3.8, 4) is 0 Å². The van der Waals surface area contributed by atoms with Crippen LogP contribution in [0.1, 0.15) is 24.3 Å². The molecule has 0 radical (unpaired) electrons. The van der Waals surface area contributed by atoms with Crippen molar-refractivity contribution in [2.24, 2.45) is 0 Å². The van der Waals surface area contributed by atoms with E-state index < -0.39 is 0 Å². The zero-order valence-electron chi connectivity index (χ0n) is 11.0. The maximum Gasteiger partial charge on any atom is 0.272 e. The van der Waals surface area contributed by atoms with Crippen molar-refractivity contribution < 1.29 is 9.53 Å². The first-order valence-corrected chi connectivity index (χ1v) is 6.18. The van der Waals surface area contributed by atoms with Crippen LogP contribution in [-0.4, -0.2) is 48.1 Å². The molecular formula is C13H19N3O2. The molecule has 1 N–H and O–H groups in total. The summed E-state index contributed by atoms with van der Waals surface area (Å²) in [5.41, 5.74) is 1.38. The fourth-order valence-corrected chi connectivity index (χ4v) is 2.00. The van der Waals surface area contributed by atoms with Crippen molar-refractivity contribution in [2.75, 3.05) is 25.5 Å². The molecule has 0 aromatic carbocycles. The van der Waals surface area contributed by atoms with E-state index in [2.05, 4.69) is 10.3 Å². The third-order valence-corrected chi connectivity index (χ3v) is 3.14. The van der Waals surface area contributed by atoms with Gasteiger partial charge in [-0.25, -0.2) is 4.98 Å². The van der Waals surface area contributed by atoms with Crippen molar-refractivity contribution in [3.63, 3.8) is 0 Å². The molecule has 18 heavy (non-hydrogen) atoms. The van der Waals surface area contributed by atoms with Crippen molar-refractivity contribution in [1.82, 2.24) is 9.88 Å². The van der Waals surface area contributed by atoms with Crippen LogP contribution in [-0.2, 0) is 4.74 Å². The Hall–Kier alpha value is -1.62. The van der Waals surface area contributed by atoms with Crippen molar-refractivity contribution in [3.05, 3.63) is 24.0 Å². The Kier molecular flexibility index (Phi) is 3.81. The summed E-state index contributed by atoms with van der Waals surface area (Å²) < 4.78 is 5.52. The Morgan fingerprint density at radius 3 is 2.89 bits per heavy atom. The molecule has 1 fully saturated rings. The zero-order valence-corrected chi connectivity index (χ0v) is 11.0. The molecule has 1 amide bonds. The second kappa shape index (κ2) is 5.35. The van der Waals surface area contributed by atoms with E-state index in [0.717, 1.165) is 5.69 Å². The highest BCUT2D eigenvalue weighted by Crippen LogP contribution is 2.15. The van der Waals surface area contributed by atoms with Crippen LogP contribution in [0.5, 0.6) is 0 Å². The van der Waals surface area contributed by atoms with Gasteiger partial charge in [-0.05, 0) is 26.0 Å². The number of amides is 1. The minimum Gasteiger partial charge on any atom is -0.387 e. The summed E-state index contributed by atoms with van der Waals surface area (Å²) in [5, 5.41) is 2.98. The summed E-state index contributed by atoms with van der Waals surface area (Å²) in [6, 6.07) is 3.70. The molecule has 5 nitrogen and oxygen atoms in total. The number of pyridine rings is 1. The van der Waals surface area contributed by atoms with E-state index in [-0.39, 0.29) is 18.1 Å². The number of ether oxygens (including phenoxy) is 1. The predicted octanol–water partition coefficient (Wildman–Crippen LogP) is 1.37. The first-order valence-electron chi connectivity index (χ1n) is 6.18. The number of anilines is 1. The van der Waals surface area contributed by atoms with Crippen LogP contribution in [0.3, 0.4) is 0 Å². The van der Waals surface area contributed by atoms with E-state index in [0.29, 0.717) is 18.8 Å². The molecule has 0 spiro atoms. The molecule has 1 aliphatic heterocycles. The molecule has 2 atom stereocenters. The van der Waals surface area contributed by atoms with E-state index >= 15 is 0 Å². The Labute approximate surface area is 107 Å². The first kappa shape index (κ1) is 12.8. The van der Waals surface area contributed by atoms with Gasteiger partial charge in [0, 0.05) is 13.6 Å². The molecule has 5 heteroatoms. The topological polar surface area (TPSA) is 54.5 Å². The van der Waals surface area contributed by atoms with Gasteiger partial charge in [0.05, 0.1) is 30.6 Å². The van der Waals surface area contributed by atoms with Gasteiger partial charge in [0.15, 0.2) is 0 Å². The average molecular weight is 249 g/mol. The largest absolute Gasteiger partial charge is 0.387 e. The van der Waals surface area contributed by atoms with Crippen LogP contribution in [0.4, 0.5) is 5.69 Å². The number of aromatic nitrogens is 1. The van der Waals surface area contributed by atoms with Crippen LogP contribution in [0.15, 0.2) is 18.3 Å². The summed E-state index contributed by atoms with van der Waals surface area (Å²) in [5.74, 6) is -0.0275. The van der Waals surface area contributed by atoms with Gasteiger partial charge in [0.2, 0.25) is 0 Å². The average Bonchev–Trinajstić information content (AvgIpc) is 2.41. The van der Waals surface area contributed by atoms with Gasteiger partial charge in [-0.2, -0.15) is 0 Å². The standard InChI is InChI=1S/C13H19N3O2/c1-9-8-18-10(2)7-16(9)13(17)12-5-4-11(14-3)6-15-12/h4-6,9-10,14H,7-8H2,1-3H3. The van der Waals surface area contributed by atoms with E-state index in [4.69, 9.17) is 4.74 Å². The molecule has 2 heterocycles. The highest BCUT2D eigenvalue weighted by molar-refractivity contribution is 5.92. The van der Waals surface area contributed by atoms with Gasteiger partial charge < -0.3 is 15.0 Å². The molecular weight excluding hydrogens is 230 g/mol. The number of carbonyl (C=O) groups is 1. The van der Waals surface area contributed by atoms with Crippen molar-refractivity contribution in [1.29, 1.82) is 0 Å². The molecule has 0 aliphatic carbocycles. The van der Waals surface area contributed by atoms with E-state index in [1.165, 1.54) is 0 Å². The van der Waals surface area contributed by atoms with Crippen LogP contribution in [0.25, 0.3) is 0 Å². The molecule has 98 valence electrons. The maximum atomic E-state index is 12.3. The molecule has 0 saturated carbocycles. The van der Waals surface area contributed by atoms with Gasteiger partial charge in [-0.1, -0.05) is 0 Å². The number of hydrogen-bond acceptors (Lipinski definition) is 4. The number of hydrogen-bond donors (Lipinski definition) is 1. The normalized spacial score (nSPS) is 23.8. The Bertz CT molecular complexity index is 419.